The Morgan fingerprint density at radius 1 is 0.489 bits per heavy atom. The monoisotopic (exact) mass is 592 g/mol. The highest BCUT2D eigenvalue weighted by atomic mass is 15.1. The van der Waals surface area contributed by atoms with Crippen molar-refractivity contribution in [3.8, 4) is 34.2 Å². The van der Waals surface area contributed by atoms with Crippen LogP contribution in [-0.4, -0.2) is 29.9 Å². The number of benzene rings is 3. The molecule has 0 aliphatic heterocycles. The first-order chi connectivity index (χ1) is 21.5. The van der Waals surface area contributed by atoms with Crippen LogP contribution in [0.4, 0.5) is 0 Å². The van der Waals surface area contributed by atoms with Gasteiger partial charge in [-0.2, -0.15) is 0 Å². The molecular formula is C39H40N6. The lowest BCUT2D eigenvalue weighted by Crippen LogP contribution is -2.10. The Labute approximate surface area is 266 Å². The van der Waals surface area contributed by atoms with Crippen molar-refractivity contribution in [3.05, 3.63) is 123 Å². The summed E-state index contributed by atoms with van der Waals surface area (Å²) in [6.45, 7) is 17.0. The predicted molar refractivity (Wildman–Crippen MR) is 183 cm³/mol. The maximum Gasteiger partial charge on any atom is 0.163 e. The standard InChI is InChI=1S/C39H40N6/c1-22-9-23(2)14-30(13-22)36-40-34(41-37(44-36)31-15-24(3)10-25(4)16-31)21-35-42-38(32-17-26(5)11-27(6)18-32)45-39(43-35)33-19-28(7)12-29(8)20-33/h9-11,13-20,28H,12,21H2,1-8H3. The third-order valence-electron chi connectivity index (χ3n) is 7.89. The number of hydrogen-bond acceptors (Lipinski definition) is 6. The Morgan fingerprint density at radius 2 is 0.844 bits per heavy atom. The Bertz CT molecular complexity index is 1870. The van der Waals surface area contributed by atoms with Gasteiger partial charge in [0, 0.05) is 22.3 Å². The van der Waals surface area contributed by atoms with Gasteiger partial charge in [-0.1, -0.05) is 76.2 Å². The Kier molecular flexibility index (Phi) is 8.24. The van der Waals surface area contributed by atoms with E-state index in [-0.39, 0.29) is 0 Å². The number of rotatable bonds is 6. The van der Waals surface area contributed by atoms with Gasteiger partial charge in [-0.25, -0.2) is 29.9 Å². The minimum absolute atomic E-state index is 0.344. The summed E-state index contributed by atoms with van der Waals surface area (Å²) in [6, 6.07) is 19.3. The first-order valence-electron chi connectivity index (χ1n) is 15.6. The molecule has 2 heterocycles. The van der Waals surface area contributed by atoms with Crippen LogP contribution in [0.3, 0.4) is 0 Å². The van der Waals surface area contributed by atoms with Crippen molar-refractivity contribution >= 4 is 5.57 Å². The summed E-state index contributed by atoms with van der Waals surface area (Å²) in [5.74, 6) is 4.29. The van der Waals surface area contributed by atoms with Crippen LogP contribution in [0.25, 0.3) is 39.7 Å². The van der Waals surface area contributed by atoms with Gasteiger partial charge in [0.25, 0.3) is 0 Å². The molecule has 0 bridgehead atoms. The molecule has 0 radical (unpaired) electrons. The second-order valence-electron chi connectivity index (χ2n) is 12.9. The van der Waals surface area contributed by atoms with Crippen molar-refractivity contribution in [3.63, 3.8) is 0 Å². The van der Waals surface area contributed by atoms with Crippen molar-refractivity contribution < 1.29 is 0 Å². The molecule has 1 aliphatic carbocycles. The van der Waals surface area contributed by atoms with E-state index in [0.717, 1.165) is 28.7 Å². The van der Waals surface area contributed by atoms with E-state index in [1.54, 1.807) is 0 Å². The highest BCUT2D eigenvalue weighted by Gasteiger charge is 2.19. The second-order valence-corrected chi connectivity index (χ2v) is 12.9. The number of hydrogen-bond donors (Lipinski definition) is 0. The lowest BCUT2D eigenvalue weighted by Gasteiger charge is -2.16. The molecule has 2 aromatic heterocycles. The van der Waals surface area contributed by atoms with Crippen LogP contribution in [0.5, 0.6) is 0 Å². The molecule has 45 heavy (non-hydrogen) atoms. The summed E-state index contributed by atoms with van der Waals surface area (Å²) in [7, 11) is 0. The van der Waals surface area contributed by atoms with Crippen LogP contribution >= 0.6 is 0 Å². The van der Waals surface area contributed by atoms with E-state index in [2.05, 4.69) is 122 Å². The van der Waals surface area contributed by atoms with Gasteiger partial charge in [0.2, 0.25) is 0 Å². The van der Waals surface area contributed by atoms with Crippen LogP contribution < -0.4 is 0 Å². The fourth-order valence-electron chi connectivity index (χ4n) is 6.35. The topological polar surface area (TPSA) is 77.3 Å². The third kappa shape index (κ3) is 7.12. The summed E-state index contributed by atoms with van der Waals surface area (Å²) in [4.78, 5) is 30.0. The van der Waals surface area contributed by atoms with E-state index >= 15 is 0 Å². The molecule has 226 valence electrons. The van der Waals surface area contributed by atoms with Crippen LogP contribution in [0, 0.1) is 47.5 Å². The van der Waals surface area contributed by atoms with Gasteiger partial charge < -0.3 is 0 Å². The Morgan fingerprint density at radius 3 is 1.22 bits per heavy atom. The number of aromatic nitrogens is 6. The van der Waals surface area contributed by atoms with E-state index in [1.807, 2.05) is 0 Å². The van der Waals surface area contributed by atoms with E-state index in [0.29, 0.717) is 47.3 Å². The van der Waals surface area contributed by atoms with Gasteiger partial charge in [0.15, 0.2) is 23.3 Å². The molecule has 6 nitrogen and oxygen atoms in total. The van der Waals surface area contributed by atoms with Crippen molar-refractivity contribution in [1.29, 1.82) is 0 Å². The second kappa shape index (κ2) is 12.3. The fourth-order valence-corrected chi connectivity index (χ4v) is 6.35. The third-order valence-corrected chi connectivity index (χ3v) is 7.89. The first kappa shape index (κ1) is 30.2. The largest absolute Gasteiger partial charge is 0.213 e. The van der Waals surface area contributed by atoms with Crippen LogP contribution in [0.1, 0.15) is 71.1 Å². The quantitative estimate of drug-likeness (QED) is 0.196. The molecule has 1 aliphatic rings. The van der Waals surface area contributed by atoms with E-state index < -0.39 is 0 Å². The average molecular weight is 593 g/mol. The van der Waals surface area contributed by atoms with E-state index in [9.17, 15) is 0 Å². The molecule has 5 aromatic rings. The maximum absolute atomic E-state index is 5.02. The van der Waals surface area contributed by atoms with Gasteiger partial charge >= 0.3 is 0 Å². The predicted octanol–water partition coefficient (Wildman–Crippen LogP) is 8.87. The lowest BCUT2D eigenvalue weighted by atomic mass is 9.92. The highest BCUT2D eigenvalue weighted by molar-refractivity contribution is 5.73. The van der Waals surface area contributed by atoms with E-state index in [1.165, 1.54) is 39.0 Å². The summed E-state index contributed by atoms with van der Waals surface area (Å²) in [5, 5.41) is 0. The normalized spacial score (nSPS) is 14.7. The highest BCUT2D eigenvalue weighted by Crippen LogP contribution is 2.29. The maximum atomic E-state index is 5.02. The summed E-state index contributed by atoms with van der Waals surface area (Å²) in [6.07, 6.45) is 5.84. The van der Waals surface area contributed by atoms with Crippen molar-refractivity contribution in [2.45, 2.75) is 68.2 Å². The molecular weight excluding hydrogens is 552 g/mol. The van der Waals surface area contributed by atoms with Gasteiger partial charge in [0.05, 0.1) is 6.42 Å². The molecule has 0 saturated carbocycles. The molecule has 6 rings (SSSR count). The van der Waals surface area contributed by atoms with Crippen LogP contribution in [0.2, 0.25) is 0 Å². The van der Waals surface area contributed by atoms with Crippen molar-refractivity contribution in [2.75, 3.05) is 0 Å². The van der Waals surface area contributed by atoms with Gasteiger partial charge in [-0.05, 0) is 97.2 Å². The first-order valence-corrected chi connectivity index (χ1v) is 15.6. The van der Waals surface area contributed by atoms with Crippen molar-refractivity contribution in [2.24, 2.45) is 5.92 Å². The zero-order chi connectivity index (χ0) is 31.8. The zero-order valence-electron chi connectivity index (χ0n) is 27.5. The molecule has 0 saturated heterocycles. The van der Waals surface area contributed by atoms with E-state index in [4.69, 9.17) is 29.9 Å². The van der Waals surface area contributed by atoms with Gasteiger partial charge in [-0.3, -0.25) is 0 Å². The van der Waals surface area contributed by atoms with Gasteiger partial charge in [0.1, 0.15) is 11.6 Å². The van der Waals surface area contributed by atoms with Gasteiger partial charge in [-0.15, -0.1) is 0 Å². The summed E-state index contributed by atoms with van der Waals surface area (Å²) < 4.78 is 0. The minimum Gasteiger partial charge on any atom is -0.213 e. The molecule has 0 amide bonds. The molecule has 6 heteroatoms. The minimum atomic E-state index is 0.344. The van der Waals surface area contributed by atoms with Crippen LogP contribution in [-0.2, 0) is 6.42 Å². The molecule has 3 aromatic carbocycles. The SMILES string of the molecule is CC1=CC(c2nc(Cc3nc(-c4cc(C)cc(C)c4)nc(-c4cc(C)cc(C)c4)n3)nc(-c3cc(C)cc(C)c3)n2)=CC(C)C1. The zero-order valence-corrected chi connectivity index (χ0v) is 27.5. The molecule has 1 unspecified atom stereocenters. The number of aryl methyl sites for hydroxylation is 6. The molecule has 0 spiro atoms. The fraction of sp³-hybridized carbons (Fsp3) is 0.282. The molecule has 1 atom stereocenters. The molecule has 0 N–H and O–H groups in total. The average Bonchev–Trinajstić information content (AvgIpc) is 2.95. The number of allylic oxidation sites excluding steroid dienone is 4. The lowest BCUT2D eigenvalue weighted by molar-refractivity contribution is 0.708. The Hall–Kier alpha value is -4.84. The van der Waals surface area contributed by atoms with Crippen molar-refractivity contribution in [1.82, 2.24) is 29.9 Å². The Balaban J connectivity index is 1.51. The van der Waals surface area contributed by atoms with Crippen LogP contribution in [0.15, 0.2) is 72.3 Å². The summed E-state index contributed by atoms with van der Waals surface area (Å²) >= 11 is 0. The number of nitrogens with zero attached hydrogens (tertiary/aromatic N) is 6. The molecule has 0 fully saturated rings. The summed E-state index contributed by atoms with van der Waals surface area (Å²) in [5.41, 5.74) is 12.3. The smallest absolute Gasteiger partial charge is 0.163 e.